The molecule has 29 heavy (non-hydrogen) atoms. The zero-order valence-corrected chi connectivity index (χ0v) is 17.0. The predicted molar refractivity (Wildman–Crippen MR) is 116 cm³/mol. The molecule has 2 aromatic carbocycles. The summed E-state index contributed by atoms with van der Waals surface area (Å²) < 4.78 is 0. The van der Waals surface area contributed by atoms with Gasteiger partial charge in [-0.05, 0) is 48.5 Å². The Labute approximate surface area is 175 Å². The fraction of sp³-hybridized carbons (Fsp3) is 0.227. The topological polar surface area (TPSA) is 62.6 Å². The molecule has 7 heteroatoms. The number of benzene rings is 2. The van der Waals surface area contributed by atoms with Gasteiger partial charge in [0, 0.05) is 21.8 Å². The Morgan fingerprint density at radius 3 is 2.28 bits per heavy atom. The van der Waals surface area contributed by atoms with Crippen molar-refractivity contribution in [2.24, 2.45) is 0 Å². The molecule has 148 valence electrons. The van der Waals surface area contributed by atoms with Crippen molar-refractivity contribution in [2.45, 2.75) is 0 Å². The highest BCUT2D eigenvalue weighted by molar-refractivity contribution is 6.30. The third-order valence-corrected chi connectivity index (χ3v) is 5.39. The van der Waals surface area contributed by atoms with Gasteiger partial charge in [0.1, 0.15) is 0 Å². The molecule has 0 unspecified atom stereocenters. The molecule has 0 bridgehead atoms. The van der Waals surface area contributed by atoms with E-state index in [1.54, 1.807) is 29.2 Å². The lowest BCUT2D eigenvalue weighted by molar-refractivity contribution is -0.880. The van der Waals surface area contributed by atoms with Crippen molar-refractivity contribution in [3.8, 4) is 11.3 Å². The first-order valence-electron chi connectivity index (χ1n) is 9.66. The van der Waals surface area contributed by atoms with Crippen LogP contribution < -0.4 is 15.1 Å². The summed E-state index contributed by atoms with van der Waals surface area (Å²) in [7, 11) is 2.22. The van der Waals surface area contributed by atoms with E-state index in [0.29, 0.717) is 10.6 Å². The Morgan fingerprint density at radius 1 is 0.966 bits per heavy atom. The van der Waals surface area contributed by atoms with Gasteiger partial charge in [-0.25, -0.2) is 0 Å². The molecule has 1 amide bonds. The van der Waals surface area contributed by atoms with Gasteiger partial charge in [0.25, 0.3) is 5.91 Å². The van der Waals surface area contributed by atoms with Crippen molar-refractivity contribution in [1.29, 1.82) is 0 Å². The van der Waals surface area contributed by atoms with Crippen molar-refractivity contribution in [2.75, 3.05) is 43.4 Å². The maximum atomic E-state index is 12.3. The fourth-order valence-electron chi connectivity index (χ4n) is 3.29. The number of halogens is 1. The van der Waals surface area contributed by atoms with Crippen molar-refractivity contribution < 1.29 is 9.69 Å². The molecule has 0 aliphatic carbocycles. The minimum Gasteiger partial charge on any atom is -0.344 e. The highest BCUT2D eigenvalue weighted by Crippen LogP contribution is 2.21. The first-order chi connectivity index (χ1) is 14.1. The number of aromatic nitrogens is 2. The van der Waals surface area contributed by atoms with Crippen LogP contribution in [0.4, 0.5) is 11.5 Å². The van der Waals surface area contributed by atoms with E-state index >= 15 is 0 Å². The molecular weight excluding hydrogens is 386 g/mol. The molecule has 0 radical (unpaired) electrons. The smallest absolute Gasteiger partial charge is 0.255 e. The van der Waals surface area contributed by atoms with Crippen molar-refractivity contribution >= 4 is 29.0 Å². The number of hydrogen-bond donors (Lipinski definition) is 2. The lowest BCUT2D eigenvalue weighted by atomic mass is 10.1. The van der Waals surface area contributed by atoms with Crippen LogP contribution in [0.25, 0.3) is 11.3 Å². The summed E-state index contributed by atoms with van der Waals surface area (Å²) in [5.74, 6) is 0.751. The summed E-state index contributed by atoms with van der Waals surface area (Å²) in [6.07, 6.45) is 0. The van der Waals surface area contributed by atoms with Gasteiger partial charge in [0.2, 0.25) is 0 Å². The fourth-order valence-corrected chi connectivity index (χ4v) is 3.42. The average Bonchev–Trinajstić information content (AvgIpc) is 2.75. The van der Waals surface area contributed by atoms with Crippen LogP contribution in [0.3, 0.4) is 0 Å². The number of nitrogens with zero attached hydrogens (tertiary/aromatic N) is 3. The summed E-state index contributed by atoms with van der Waals surface area (Å²) in [5.41, 5.74) is 3.05. The molecule has 1 saturated heterocycles. The van der Waals surface area contributed by atoms with E-state index in [9.17, 15) is 4.79 Å². The average molecular weight is 409 g/mol. The van der Waals surface area contributed by atoms with E-state index in [0.717, 1.165) is 48.9 Å². The van der Waals surface area contributed by atoms with Gasteiger partial charge in [-0.3, -0.25) is 4.79 Å². The maximum Gasteiger partial charge on any atom is 0.255 e. The van der Waals surface area contributed by atoms with Gasteiger partial charge >= 0.3 is 0 Å². The second-order valence-electron chi connectivity index (χ2n) is 7.26. The van der Waals surface area contributed by atoms with E-state index in [2.05, 4.69) is 27.5 Å². The molecular formula is C22H23ClN5O+. The van der Waals surface area contributed by atoms with Crippen LogP contribution in [0.2, 0.25) is 5.02 Å². The van der Waals surface area contributed by atoms with Crippen LogP contribution >= 0.6 is 11.6 Å². The first kappa shape index (κ1) is 19.4. The van der Waals surface area contributed by atoms with Gasteiger partial charge in [-0.2, -0.15) is 0 Å². The summed E-state index contributed by atoms with van der Waals surface area (Å²) in [5, 5.41) is 12.3. The zero-order valence-electron chi connectivity index (χ0n) is 16.2. The van der Waals surface area contributed by atoms with Crippen molar-refractivity contribution in [3.63, 3.8) is 0 Å². The highest BCUT2D eigenvalue weighted by atomic mass is 35.5. The SMILES string of the molecule is C[NH+]1CCN(c2ccc(-c3ccc(NC(=O)c4ccc(Cl)cc4)cc3)nn2)CC1. The molecule has 2 heterocycles. The van der Waals surface area contributed by atoms with E-state index in [1.165, 1.54) is 0 Å². The second-order valence-corrected chi connectivity index (χ2v) is 7.70. The largest absolute Gasteiger partial charge is 0.344 e. The minimum atomic E-state index is -0.174. The Hall–Kier alpha value is -2.96. The number of hydrogen-bond acceptors (Lipinski definition) is 4. The number of amides is 1. The van der Waals surface area contributed by atoms with E-state index in [4.69, 9.17) is 11.6 Å². The maximum absolute atomic E-state index is 12.3. The van der Waals surface area contributed by atoms with E-state index < -0.39 is 0 Å². The molecule has 2 N–H and O–H groups in total. The summed E-state index contributed by atoms with van der Waals surface area (Å²) in [6.45, 7) is 4.24. The lowest BCUT2D eigenvalue weighted by Gasteiger charge is -2.30. The number of piperazine rings is 1. The van der Waals surface area contributed by atoms with Crippen molar-refractivity contribution in [1.82, 2.24) is 10.2 Å². The molecule has 0 atom stereocenters. The van der Waals surface area contributed by atoms with Gasteiger partial charge < -0.3 is 15.1 Å². The molecule has 0 spiro atoms. The number of anilines is 2. The van der Waals surface area contributed by atoms with Crippen LogP contribution in [0.5, 0.6) is 0 Å². The lowest BCUT2D eigenvalue weighted by Crippen LogP contribution is -3.12. The summed E-state index contributed by atoms with van der Waals surface area (Å²) >= 11 is 5.87. The molecule has 1 aliphatic heterocycles. The predicted octanol–water partition coefficient (Wildman–Crippen LogP) is 2.38. The first-order valence-corrected chi connectivity index (χ1v) is 10.0. The van der Waals surface area contributed by atoms with Crippen LogP contribution in [-0.4, -0.2) is 49.3 Å². The van der Waals surface area contributed by atoms with E-state index in [-0.39, 0.29) is 5.91 Å². The highest BCUT2D eigenvalue weighted by Gasteiger charge is 2.18. The number of carbonyl (C=O) groups excluding carboxylic acids is 1. The Bertz CT molecular complexity index is 966. The monoisotopic (exact) mass is 408 g/mol. The number of nitrogens with one attached hydrogen (secondary N) is 2. The summed E-state index contributed by atoms with van der Waals surface area (Å²) in [4.78, 5) is 16.1. The number of quaternary nitrogens is 1. The quantitative estimate of drug-likeness (QED) is 0.695. The third kappa shape index (κ3) is 4.72. The number of carbonyl (C=O) groups is 1. The summed E-state index contributed by atoms with van der Waals surface area (Å²) in [6, 6.07) is 18.4. The van der Waals surface area contributed by atoms with Gasteiger partial charge in [0.05, 0.1) is 38.9 Å². The standard InChI is InChI=1S/C22H22ClN5O/c1-27-12-14-28(15-13-27)21-11-10-20(25-26-21)16-4-8-19(9-5-16)24-22(29)17-2-6-18(23)7-3-17/h2-11H,12-15H2,1H3,(H,24,29)/p+1. The van der Waals surface area contributed by atoms with E-state index in [1.807, 2.05) is 36.4 Å². The van der Waals surface area contributed by atoms with Crippen LogP contribution in [0.15, 0.2) is 60.7 Å². The Kier molecular flexibility index (Phi) is 5.74. The van der Waals surface area contributed by atoms with Crippen LogP contribution in [0, 0.1) is 0 Å². The normalized spacial score (nSPS) is 14.6. The molecule has 1 aromatic heterocycles. The molecule has 6 nitrogen and oxygen atoms in total. The molecule has 0 saturated carbocycles. The molecule has 3 aromatic rings. The minimum absolute atomic E-state index is 0.174. The third-order valence-electron chi connectivity index (χ3n) is 5.14. The number of rotatable bonds is 4. The Morgan fingerprint density at radius 2 is 1.66 bits per heavy atom. The van der Waals surface area contributed by atoms with Gasteiger partial charge in [-0.15, -0.1) is 10.2 Å². The zero-order chi connectivity index (χ0) is 20.2. The van der Waals surface area contributed by atoms with Gasteiger partial charge in [-0.1, -0.05) is 23.7 Å². The van der Waals surface area contributed by atoms with Gasteiger partial charge in [0.15, 0.2) is 5.82 Å². The molecule has 4 rings (SSSR count). The Balaban J connectivity index is 1.41. The molecule has 1 fully saturated rings. The van der Waals surface area contributed by atoms with Crippen molar-refractivity contribution in [3.05, 3.63) is 71.2 Å². The second kappa shape index (κ2) is 8.59. The number of likely N-dealkylation sites (N-methyl/N-ethyl adjacent to an activating group) is 1. The van der Waals surface area contributed by atoms with Crippen LogP contribution in [0.1, 0.15) is 10.4 Å². The van der Waals surface area contributed by atoms with Crippen LogP contribution in [-0.2, 0) is 0 Å². The molecule has 1 aliphatic rings.